The van der Waals surface area contributed by atoms with Gasteiger partial charge in [0.25, 0.3) is 0 Å². The highest BCUT2D eigenvalue weighted by atomic mass is 14.6. The summed E-state index contributed by atoms with van der Waals surface area (Å²) in [6.07, 6.45) is 12.6. The Morgan fingerprint density at radius 1 is 1.38 bits per heavy atom. The van der Waals surface area contributed by atoms with E-state index in [1.807, 2.05) is 0 Å². The summed E-state index contributed by atoms with van der Waals surface area (Å²) in [7, 11) is 0. The average molecular weight is 225 g/mol. The summed E-state index contributed by atoms with van der Waals surface area (Å²) >= 11 is 0. The highest BCUT2D eigenvalue weighted by molar-refractivity contribution is 4.82. The van der Waals surface area contributed by atoms with Gasteiger partial charge in [-0.1, -0.05) is 46.0 Å². The fourth-order valence-corrected chi connectivity index (χ4v) is 3.31. The number of hydrogen-bond donors (Lipinski definition) is 1. The molecule has 0 aromatic heterocycles. The minimum atomic E-state index is 0.391. The summed E-state index contributed by atoms with van der Waals surface area (Å²) in [4.78, 5) is 0. The first-order chi connectivity index (χ1) is 7.56. The molecule has 0 aromatic rings. The smallest absolute Gasteiger partial charge is 0.00104 e. The van der Waals surface area contributed by atoms with Crippen LogP contribution in [-0.2, 0) is 0 Å². The topological polar surface area (TPSA) is 26.0 Å². The first-order valence-electron chi connectivity index (χ1n) is 7.31. The van der Waals surface area contributed by atoms with Gasteiger partial charge in [0, 0.05) is 6.04 Å². The average Bonchev–Trinajstić information content (AvgIpc) is 2.24. The zero-order valence-corrected chi connectivity index (χ0v) is 11.6. The molecule has 2 N–H and O–H groups in total. The summed E-state index contributed by atoms with van der Waals surface area (Å²) in [5.74, 6) is 1.01. The molecule has 1 heteroatoms. The summed E-state index contributed by atoms with van der Waals surface area (Å²) < 4.78 is 0. The van der Waals surface area contributed by atoms with Gasteiger partial charge in [0.1, 0.15) is 0 Å². The summed E-state index contributed by atoms with van der Waals surface area (Å²) in [6, 6.07) is 0.391. The van der Waals surface area contributed by atoms with Crippen molar-refractivity contribution >= 4 is 0 Å². The molecule has 0 saturated heterocycles. The van der Waals surface area contributed by atoms with Gasteiger partial charge in [-0.2, -0.15) is 0 Å². The second-order valence-corrected chi connectivity index (χ2v) is 6.40. The summed E-state index contributed by atoms with van der Waals surface area (Å²) in [5.41, 5.74) is 6.44. The van der Waals surface area contributed by atoms with Crippen molar-refractivity contribution in [2.75, 3.05) is 0 Å². The first kappa shape index (κ1) is 14.0. The molecule has 0 heterocycles. The third kappa shape index (κ3) is 4.86. The van der Waals surface area contributed by atoms with Gasteiger partial charge in [0.05, 0.1) is 0 Å². The molecule has 16 heavy (non-hydrogen) atoms. The van der Waals surface area contributed by atoms with Crippen LogP contribution in [0.3, 0.4) is 0 Å². The monoisotopic (exact) mass is 225 g/mol. The maximum atomic E-state index is 5.79. The fourth-order valence-electron chi connectivity index (χ4n) is 3.31. The van der Waals surface area contributed by atoms with Gasteiger partial charge in [0.2, 0.25) is 0 Å². The standard InChI is InChI=1S/C15H31N/c1-4-14-9-7-11-15(3,12-14)10-6-5-8-13(2)16/h13-14H,4-12,16H2,1-3H3. The zero-order valence-electron chi connectivity index (χ0n) is 11.6. The van der Waals surface area contributed by atoms with Gasteiger partial charge >= 0.3 is 0 Å². The van der Waals surface area contributed by atoms with Gasteiger partial charge < -0.3 is 5.73 Å². The molecule has 0 aromatic carbocycles. The van der Waals surface area contributed by atoms with E-state index >= 15 is 0 Å². The SMILES string of the molecule is CCC1CCCC(C)(CCCCC(C)N)C1. The predicted octanol–water partition coefficient (Wildman–Crippen LogP) is 4.50. The van der Waals surface area contributed by atoms with E-state index in [9.17, 15) is 0 Å². The lowest BCUT2D eigenvalue weighted by Gasteiger charge is -2.38. The number of rotatable bonds is 6. The molecule has 1 nitrogen and oxygen atoms in total. The Bertz CT molecular complexity index is 188. The van der Waals surface area contributed by atoms with Crippen LogP contribution in [0.1, 0.15) is 78.6 Å². The van der Waals surface area contributed by atoms with Crippen molar-refractivity contribution < 1.29 is 0 Å². The van der Waals surface area contributed by atoms with Crippen LogP contribution in [0.25, 0.3) is 0 Å². The summed E-state index contributed by atoms with van der Waals surface area (Å²) in [6.45, 7) is 6.99. The molecule has 0 amide bonds. The van der Waals surface area contributed by atoms with Crippen LogP contribution in [0.4, 0.5) is 0 Å². The van der Waals surface area contributed by atoms with Crippen molar-refractivity contribution in [2.24, 2.45) is 17.1 Å². The Kier molecular flexibility index (Phi) is 5.82. The largest absolute Gasteiger partial charge is 0.328 e. The lowest BCUT2D eigenvalue weighted by atomic mass is 9.68. The van der Waals surface area contributed by atoms with Crippen LogP contribution < -0.4 is 5.73 Å². The van der Waals surface area contributed by atoms with E-state index in [-0.39, 0.29) is 0 Å². The van der Waals surface area contributed by atoms with E-state index in [2.05, 4.69) is 20.8 Å². The van der Waals surface area contributed by atoms with E-state index in [4.69, 9.17) is 5.73 Å². The second-order valence-electron chi connectivity index (χ2n) is 6.40. The molecule has 1 aliphatic rings. The van der Waals surface area contributed by atoms with Crippen molar-refractivity contribution in [1.29, 1.82) is 0 Å². The zero-order chi connectivity index (χ0) is 12.0. The van der Waals surface area contributed by atoms with Crippen LogP contribution in [-0.4, -0.2) is 6.04 Å². The van der Waals surface area contributed by atoms with Crippen LogP contribution in [0.15, 0.2) is 0 Å². The first-order valence-corrected chi connectivity index (χ1v) is 7.31. The molecule has 0 aliphatic heterocycles. The van der Waals surface area contributed by atoms with Crippen molar-refractivity contribution in [3.63, 3.8) is 0 Å². The molecule has 3 unspecified atom stereocenters. The third-order valence-electron chi connectivity index (χ3n) is 4.44. The molecule has 1 aliphatic carbocycles. The van der Waals surface area contributed by atoms with Gasteiger partial charge in [0.15, 0.2) is 0 Å². The van der Waals surface area contributed by atoms with E-state index in [0.717, 1.165) is 5.92 Å². The Morgan fingerprint density at radius 3 is 2.75 bits per heavy atom. The lowest BCUT2D eigenvalue weighted by Crippen LogP contribution is -2.25. The molecular formula is C15H31N. The Hall–Kier alpha value is -0.0400. The van der Waals surface area contributed by atoms with Gasteiger partial charge in [-0.05, 0) is 43.9 Å². The molecule has 3 atom stereocenters. The molecule has 1 rings (SSSR count). The summed E-state index contributed by atoms with van der Waals surface area (Å²) in [5, 5.41) is 0. The van der Waals surface area contributed by atoms with E-state index in [0.29, 0.717) is 11.5 Å². The second kappa shape index (κ2) is 6.64. The maximum absolute atomic E-state index is 5.79. The molecule has 0 bridgehead atoms. The number of hydrogen-bond acceptors (Lipinski definition) is 1. The molecule has 0 spiro atoms. The fraction of sp³-hybridized carbons (Fsp3) is 1.00. The molecular weight excluding hydrogens is 194 g/mol. The van der Waals surface area contributed by atoms with E-state index in [1.54, 1.807) is 0 Å². The van der Waals surface area contributed by atoms with Gasteiger partial charge in [-0.3, -0.25) is 0 Å². The van der Waals surface area contributed by atoms with Crippen molar-refractivity contribution in [1.82, 2.24) is 0 Å². The highest BCUT2D eigenvalue weighted by Crippen LogP contribution is 2.43. The minimum Gasteiger partial charge on any atom is -0.328 e. The van der Waals surface area contributed by atoms with Crippen LogP contribution >= 0.6 is 0 Å². The third-order valence-corrected chi connectivity index (χ3v) is 4.44. The molecule has 96 valence electrons. The van der Waals surface area contributed by atoms with E-state index < -0.39 is 0 Å². The lowest BCUT2D eigenvalue weighted by molar-refractivity contribution is 0.139. The quantitative estimate of drug-likeness (QED) is 0.662. The Labute approximate surface area is 102 Å². The highest BCUT2D eigenvalue weighted by Gasteiger charge is 2.30. The predicted molar refractivity (Wildman–Crippen MR) is 72.5 cm³/mol. The van der Waals surface area contributed by atoms with Crippen molar-refractivity contribution in [3.05, 3.63) is 0 Å². The van der Waals surface area contributed by atoms with Crippen LogP contribution in [0.2, 0.25) is 0 Å². The normalized spacial score (nSPS) is 32.6. The van der Waals surface area contributed by atoms with E-state index in [1.165, 1.54) is 57.8 Å². The number of unbranched alkanes of at least 4 members (excludes halogenated alkanes) is 1. The molecule has 0 radical (unpaired) electrons. The van der Waals surface area contributed by atoms with Gasteiger partial charge in [-0.25, -0.2) is 0 Å². The van der Waals surface area contributed by atoms with Gasteiger partial charge in [-0.15, -0.1) is 0 Å². The van der Waals surface area contributed by atoms with Crippen molar-refractivity contribution in [3.8, 4) is 0 Å². The van der Waals surface area contributed by atoms with Crippen molar-refractivity contribution in [2.45, 2.75) is 84.6 Å². The van der Waals surface area contributed by atoms with Crippen LogP contribution in [0, 0.1) is 11.3 Å². The van der Waals surface area contributed by atoms with Crippen LogP contribution in [0.5, 0.6) is 0 Å². The molecule has 1 fully saturated rings. The Morgan fingerprint density at radius 2 is 2.12 bits per heavy atom. The molecule has 1 saturated carbocycles. The maximum Gasteiger partial charge on any atom is 0.00104 e. The number of nitrogens with two attached hydrogens (primary N) is 1. The minimum absolute atomic E-state index is 0.391. The Balaban J connectivity index is 2.22.